The Labute approximate surface area is 121 Å². The Morgan fingerprint density at radius 1 is 1.05 bits per heavy atom. The minimum absolute atomic E-state index is 0.455. The Balaban J connectivity index is 1.67. The van der Waals surface area contributed by atoms with Crippen LogP contribution in [0, 0.1) is 16.7 Å². The molecule has 0 unspecified atom stereocenters. The van der Waals surface area contributed by atoms with Crippen LogP contribution in [0.2, 0.25) is 0 Å². The van der Waals surface area contributed by atoms with E-state index in [1.165, 1.54) is 16.3 Å². The molecule has 1 aromatic carbocycles. The first-order valence-electron chi connectivity index (χ1n) is 7.47. The monoisotopic (exact) mass is 268 g/mol. The zero-order valence-corrected chi connectivity index (χ0v) is 12.9. The van der Waals surface area contributed by atoms with Crippen molar-refractivity contribution in [2.75, 3.05) is 6.54 Å². The minimum Gasteiger partial charge on any atom is -0.312 e. The van der Waals surface area contributed by atoms with E-state index < -0.39 is 0 Å². The average Bonchev–Trinajstić information content (AvgIpc) is 2.81. The molecule has 1 aliphatic rings. The lowest BCUT2D eigenvalue weighted by Crippen LogP contribution is -2.19. The van der Waals surface area contributed by atoms with Crippen molar-refractivity contribution in [1.82, 2.24) is 10.3 Å². The number of aromatic nitrogens is 1. The van der Waals surface area contributed by atoms with Gasteiger partial charge in [0.2, 0.25) is 0 Å². The fraction of sp³-hybridized carbons (Fsp3) is 0.500. The molecule has 0 spiro atoms. The summed E-state index contributed by atoms with van der Waals surface area (Å²) in [6.45, 7) is 11.5. The standard InChI is InChI=1S/C18H24N2/c1-17(2)16(18(17,3)4)12-20-11-14-10-19-9-13-7-5-6-8-15(13)14/h5-10,16,20H,11-12H2,1-4H3. The van der Waals surface area contributed by atoms with Crippen molar-refractivity contribution >= 4 is 10.8 Å². The smallest absolute Gasteiger partial charge is 0.0346 e. The fourth-order valence-corrected chi connectivity index (χ4v) is 3.51. The molecule has 2 aromatic rings. The molecule has 1 fully saturated rings. The van der Waals surface area contributed by atoms with E-state index in [1.807, 2.05) is 12.4 Å². The van der Waals surface area contributed by atoms with Crippen LogP contribution in [-0.4, -0.2) is 11.5 Å². The second kappa shape index (κ2) is 4.56. The Kier molecular flexibility index (Phi) is 3.09. The molecule has 1 saturated carbocycles. The van der Waals surface area contributed by atoms with E-state index in [9.17, 15) is 0 Å². The third-order valence-corrected chi connectivity index (χ3v) is 5.73. The molecule has 0 aliphatic heterocycles. The molecule has 0 radical (unpaired) electrons. The first-order chi connectivity index (χ1) is 9.44. The van der Waals surface area contributed by atoms with Gasteiger partial charge in [0.05, 0.1) is 0 Å². The highest BCUT2D eigenvalue weighted by Crippen LogP contribution is 2.67. The number of nitrogens with zero attached hydrogens (tertiary/aromatic N) is 1. The van der Waals surface area contributed by atoms with Crippen molar-refractivity contribution in [1.29, 1.82) is 0 Å². The summed E-state index contributed by atoms with van der Waals surface area (Å²) in [4.78, 5) is 4.34. The third-order valence-electron chi connectivity index (χ3n) is 5.73. The van der Waals surface area contributed by atoms with Crippen LogP contribution in [0.3, 0.4) is 0 Å². The van der Waals surface area contributed by atoms with Crippen molar-refractivity contribution < 1.29 is 0 Å². The van der Waals surface area contributed by atoms with Gasteiger partial charge in [-0.3, -0.25) is 4.98 Å². The molecule has 1 aliphatic carbocycles. The first kappa shape index (κ1) is 13.6. The van der Waals surface area contributed by atoms with Crippen LogP contribution < -0.4 is 5.32 Å². The van der Waals surface area contributed by atoms with Crippen LogP contribution >= 0.6 is 0 Å². The van der Waals surface area contributed by atoms with E-state index >= 15 is 0 Å². The maximum atomic E-state index is 4.34. The quantitative estimate of drug-likeness (QED) is 0.906. The van der Waals surface area contributed by atoms with Gasteiger partial charge in [0.1, 0.15) is 0 Å². The number of benzene rings is 1. The average molecular weight is 268 g/mol. The van der Waals surface area contributed by atoms with E-state index in [1.54, 1.807) is 0 Å². The van der Waals surface area contributed by atoms with Crippen molar-refractivity contribution in [3.63, 3.8) is 0 Å². The van der Waals surface area contributed by atoms with Gasteiger partial charge in [-0.25, -0.2) is 0 Å². The summed E-state index contributed by atoms with van der Waals surface area (Å²) in [5.41, 5.74) is 2.20. The number of hydrogen-bond donors (Lipinski definition) is 1. The lowest BCUT2D eigenvalue weighted by Gasteiger charge is -2.08. The molecular weight excluding hydrogens is 244 g/mol. The summed E-state index contributed by atoms with van der Waals surface area (Å²) >= 11 is 0. The molecule has 20 heavy (non-hydrogen) atoms. The number of rotatable bonds is 4. The van der Waals surface area contributed by atoms with E-state index in [0.717, 1.165) is 19.0 Å². The molecule has 2 nitrogen and oxygen atoms in total. The van der Waals surface area contributed by atoms with Crippen molar-refractivity contribution in [3.05, 3.63) is 42.2 Å². The van der Waals surface area contributed by atoms with Gasteiger partial charge in [0.25, 0.3) is 0 Å². The molecule has 106 valence electrons. The fourth-order valence-electron chi connectivity index (χ4n) is 3.51. The maximum absolute atomic E-state index is 4.34. The van der Waals surface area contributed by atoms with Gasteiger partial charge in [0, 0.05) is 24.3 Å². The van der Waals surface area contributed by atoms with Gasteiger partial charge in [-0.1, -0.05) is 52.0 Å². The van der Waals surface area contributed by atoms with Gasteiger partial charge in [-0.2, -0.15) is 0 Å². The van der Waals surface area contributed by atoms with Crippen molar-refractivity contribution in [2.24, 2.45) is 16.7 Å². The highest BCUT2D eigenvalue weighted by Gasteiger charge is 2.63. The highest BCUT2D eigenvalue weighted by atomic mass is 14.9. The normalized spacial score (nSPS) is 20.2. The summed E-state index contributed by atoms with van der Waals surface area (Å²) < 4.78 is 0. The Hall–Kier alpha value is -1.41. The van der Waals surface area contributed by atoms with Crippen LogP contribution in [0.15, 0.2) is 36.7 Å². The summed E-state index contributed by atoms with van der Waals surface area (Å²) in [5.74, 6) is 0.762. The highest BCUT2D eigenvalue weighted by molar-refractivity contribution is 5.84. The van der Waals surface area contributed by atoms with Gasteiger partial charge >= 0.3 is 0 Å². The minimum atomic E-state index is 0.455. The summed E-state index contributed by atoms with van der Waals surface area (Å²) in [5, 5.41) is 6.16. The van der Waals surface area contributed by atoms with Gasteiger partial charge in [0.15, 0.2) is 0 Å². The van der Waals surface area contributed by atoms with Crippen LogP contribution in [0.4, 0.5) is 0 Å². The maximum Gasteiger partial charge on any atom is 0.0346 e. The van der Waals surface area contributed by atoms with E-state index in [4.69, 9.17) is 0 Å². The Morgan fingerprint density at radius 2 is 1.75 bits per heavy atom. The second-order valence-electron chi connectivity index (χ2n) is 7.15. The molecule has 2 heteroatoms. The summed E-state index contributed by atoms with van der Waals surface area (Å²) in [6.07, 6.45) is 3.92. The SMILES string of the molecule is CC1(C)C(CNCc2cncc3ccccc23)C1(C)C. The predicted molar refractivity (Wildman–Crippen MR) is 84.5 cm³/mol. The van der Waals surface area contributed by atoms with Crippen molar-refractivity contribution in [2.45, 2.75) is 34.2 Å². The molecule has 0 saturated heterocycles. The Bertz CT molecular complexity index is 609. The summed E-state index contributed by atoms with van der Waals surface area (Å²) in [7, 11) is 0. The zero-order chi connectivity index (χ0) is 14.4. The Morgan fingerprint density at radius 3 is 2.45 bits per heavy atom. The lowest BCUT2D eigenvalue weighted by atomic mass is 10.0. The summed E-state index contributed by atoms with van der Waals surface area (Å²) in [6, 6.07) is 8.47. The zero-order valence-electron chi connectivity index (χ0n) is 12.9. The van der Waals surface area contributed by atoms with E-state index in [2.05, 4.69) is 62.3 Å². The topological polar surface area (TPSA) is 24.9 Å². The van der Waals surface area contributed by atoms with Gasteiger partial charge in [-0.15, -0.1) is 0 Å². The molecule has 1 aromatic heterocycles. The van der Waals surface area contributed by atoms with E-state index in [-0.39, 0.29) is 0 Å². The molecular formula is C18H24N2. The second-order valence-corrected chi connectivity index (χ2v) is 7.15. The molecule has 0 atom stereocenters. The number of hydrogen-bond acceptors (Lipinski definition) is 2. The molecule has 0 amide bonds. The molecule has 1 N–H and O–H groups in total. The van der Waals surface area contributed by atoms with Crippen LogP contribution in [-0.2, 0) is 6.54 Å². The molecule has 3 rings (SSSR count). The number of pyridine rings is 1. The van der Waals surface area contributed by atoms with Gasteiger partial charge < -0.3 is 5.32 Å². The largest absolute Gasteiger partial charge is 0.312 e. The van der Waals surface area contributed by atoms with Crippen LogP contribution in [0.5, 0.6) is 0 Å². The molecule has 1 heterocycles. The third kappa shape index (κ3) is 2.03. The number of nitrogens with one attached hydrogen (secondary N) is 1. The molecule has 0 bridgehead atoms. The predicted octanol–water partition coefficient (Wildman–Crippen LogP) is 4.01. The van der Waals surface area contributed by atoms with Gasteiger partial charge in [-0.05, 0) is 34.2 Å². The van der Waals surface area contributed by atoms with Crippen LogP contribution in [0.25, 0.3) is 10.8 Å². The van der Waals surface area contributed by atoms with Crippen LogP contribution in [0.1, 0.15) is 33.3 Å². The van der Waals surface area contributed by atoms with Crippen molar-refractivity contribution in [3.8, 4) is 0 Å². The van der Waals surface area contributed by atoms with E-state index in [0.29, 0.717) is 10.8 Å². The number of fused-ring (bicyclic) bond motifs is 1. The lowest BCUT2D eigenvalue weighted by molar-refractivity contribution is 0.457. The first-order valence-corrected chi connectivity index (χ1v) is 7.47.